The molecule has 1 aromatic carbocycles. The third-order valence-corrected chi connectivity index (χ3v) is 5.33. The Morgan fingerprint density at radius 1 is 1.29 bits per heavy atom. The number of thioether (sulfide) groups is 1. The molecule has 0 atom stereocenters. The summed E-state index contributed by atoms with van der Waals surface area (Å²) in [6.07, 6.45) is 0.951. The van der Waals surface area contributed by atoms with Gasteiger partial charge in [-0.25, -0.2) is 0 Å². The average Bonchev–Trinajstić information content (AvgIpc) is 2.53. The number of thiocarbonyl (C=S) groups is 1. The van der Waals surface area contributed by atoms with E-state index < -0.39 is 0 Å². The molecule has 0 N–H and O–H groups in total. The van der Waals surface area contributed by atoms with Gasteiger partial charge in [-0.3, -0.25) is 4.79 Å². The van der Waals surface area contributed by atoms with E-state index in [1.807, 2.05) is 11.0 Å². The molecule has 1 heterocycles. The molecule has 3 nitrogen and oxygen atoms in total. The van der Waals surface area contributed by atoms with E-state index >= 15 is 0 Å². The highest BCUT2D eigenvalue weighted by atomic mass is 32.2. The first-order chi connectivity index (χ1) is 10.2. The summed E-state index contributed by atoms with van der Waals surface area (Å²) in [5.41, 5.74) is 2.64. The molecule has 1 aliphatic heterocycles. The van der Waals surface area contributed by atoms with Gasteiger partial charge in [0.15, 0.2) is 0 Å². The maximum atomic E-state index is 12.3. The zero-order valence-electron chi connectivity index (χ0n) is 12.7. The molecular weight excluding hydrogens is 300 g/mol. The van der Waals surface area contributed by atoms with Crippen LogP contribution in [0.2, 0.25) is 0 Å². The molecular formula is C16H22N2OS2. The lowest BCUT2D eigenvalue weighted by Crippen LogP contribution is -2.37. The minimum Gasteiger partial charge on any atom is -0.358 e. The third-order valence-electron chi connectivity index (χ3n) is 3.82. The van der Waals surface area contributed by atoms with Crippen LogP contribution in [-0.2, 0) is 17.8 Å². The van der Waals surface area contributed by atoms with Crippen LogP contribution in [0, 0.1) is 0 Å². The van der Waals surface area contributed by atoms with Crippen LogP contribution in [0.15, 0.2) is 24.3 Å². The Balaban J connectivity index is 1.86. The molecule has 0 saturated carbocycles. The zero-order valence-corrected chi connectivity index (χ0v) is 14.3. The predicted molar refractivity (Wildman–Crippen MR) is 93.5 cm³/mol. The van der Waals surface area contributed by atoms with Gasteiger partial charge < -0.3 is 9.80 Å². The molecule has 114 valence electrons. The fourth-order valence-corrected chi connectivity index (χ4v) is 3.80. The number of amides is 1. The monoisotopic (exact) mass is 322 g/mol. The first-order valence-electron chi connectivity index (χ1n) is 7.42. The third kappa shape index (κ3) is 4.20. The molecule has 5 heteroatoms. The van der Waals surface area contributed by atoms with Crippen LogP contribution in [0.25, 0.3) is 0 Å². The van der Waals surface area contributed by atoms with Gasteiger partial charge >= 0.3 is 0 Å². The van der Waals surface area contributed by atoms with Crippen LogP contribution in [0.3, 0.4) is 0 Å². The normalized spacial score (nSPS) is 13.7. The summed E-state index contributed by atoms with van der Waals surface area (Å²) < 4.78 is 0.825. The van der Waals surface area contributed by atoms with Crippen molar-refractivity contribution < 1.29 is 4.79 Å². The highest BCUT2D eigenvalue weighted by molar-refractivity contribution is 8.23. The van der Waals surface area contributed by atoms with Crippen molar-refractivity contribution in [3.8, 4) is 0 Å². The summed E-state index contributed by atoms with van der Waals surface area (Å²) in [6, 6.07) is 8.37. The van der Waals surface area contributed by atoms with Crippen LogP contribution in [0.5, 0.6) is 0 Å². The molecule has 0 radical (unpaired) electrons. The van der Waals surface area contributed by atoms with Crippen molar-refractivity contribution in [2.75, 3.05) is 25.4 Å². The van der Waals surface area contributed by atoms with E-state index in [1.165, 1.54) is 22.9 Å². The van der Waals surface area contributed by atoms with Crippen molar-refractivity contribution in [3.05, 3.63) is 35.4 Å². The molecule has 0 bridgehead atoms. The van der Waals surface area contributed by atoms with Gasteiger partial charge in [0, 0.05) is 26.2 Å². The number of carbonyl (C=O) groups excluding carboxylic acids is 1. The number of hydrogen-bond acceptors (Lipinski definition) is 3. The molecule has 1 aromatic rings. The van der Waals surface area contributed by atoms with Crippen LogP contribution in [-0.4, -0.2) is 45.4 Å². The number of nitrogens with zero attached hydrogens (tertiary/aromatic N) is 2. The number of benzene rings is 1. The molecule has 0 fully saturated rings. The Hall–Kier alpha value is -1.07. The summed E-state index contributed by atoms with van der Waals surface area (Å²) in [5, 5.41) is 0. The van der Waals surface area contributed by atoms with E-state index in [9.17, 15) is 4.79 Å². The van der Waals surface area contributed by atoms with Gasteiger partial charge in [0.25, 0.3) is 0 Å². The van der Waals surface area contributed by atoms with Gasteiger partial charge in [-0.1, -0.05) is 48.2 Å². The first kappa shape index (κ1) is 16.3. The van der Waals surface area contributed by atoms with Crippen molar-refractivity contribution in [2.45, 2.75) is 26.8 Å². The van der Waals surface area contributed by atoms with Gasteiger partial charge in [0.2, 0.25) is 5.91 Å². The lowest BCUT2D eigenvalue weighted by atomic mass is 10.00. The van der Waals surface area contributed by atoms with E-state index in [-0.39, 0.29) is 5.91 Å². The standard InChI is InChI=1S/C16H22N2OS2/c1-3-17(4-2)16(20)21-12-15(19)18-10-9-13-7-5-6-8-14(13)11-18/h5-8H,3-4,9-12H2,1-2H3. The predicted octanol–water partition coefficient (Wildman–Crippen LogP) is 2.93. The van der Waals surface area contributed by atoms with E-state index in [0.717, 1.165) is 36.9 Å². The highest BCUT2D eigenvalue weighted by Crippen LogP contribution is 2.19. The van der Waals surface area contributed by atoms with Gasteiger partial charge in [-0.15, -0.1) is 0 Å². The fourth-order valence-electron chi connectivity index (χ4n) is 2.50. The van der Waals surface area contributed by atoms with Gasteiger partial charge in [0.05, 0.1) is 5.75 Å². The average molecular weight is 322 g/mol. The Morgan fingerprint density at radius 2 is 1.95 bits per heavy atom. The van der Waals surface area contributed by atoms with Crippen LogP contribution >= 0.6 is 24.0 Å². The van der Waals surface area contributed by atoms with E-state index in [2.05, 4.69) is 36.9 Å². The Labute approximate surface area is 136 Å². The number of hydrogen-bond donors (Lipinski definition) is 0. The minimum absolute atomic E-state index is 0.184. The molecule has 0 unspecified atom stereocenters. The summed E-state index contributed by atoms with van der Waals surface area (Å²) in [7, 11) is 0. The fraction of sp³-hybridized carbons (Fsp3) is 0.500. The second-order valence-corrected chi connectivity index (χ2v) is 6.67. The minimum atomic E-state index is 0.184. The van der Waals surface area contributed by atoms with Crippen LogP contribution < -0.4 is 0 Å². The summed E-state index contributed by atoms with van der Waals surface area (Å²) in [5.74, 6) is 0.626. The maximum absolute atomic E-state index is 12.3. The smallest absolute Gasteiger partial charge is 0.233 e. The molecule has 0 aliphatic carbocycles. The Kier molecular flexibility index (Phi) is 6.06. The van der Waals surface area contributed by atoms with Crippen molar-refractivity contribution in [3.63, 3.8) is 0 Å². The molecule has 0 spiro atoms. The van der Waals surface area contributed by atoms with E-state index in [1.54, 1.807) is 0 Å². The van der Waals surface area contributed by atoms with Gasteiger partial charge in [0.1, 0.15) is 4.32 Å². The van der Waals surface area contributed by atoms with Crippen LogP contribution in [0.1, 0.15) is 25.0 Å². The largest absolute Gasteiger partial charge is 0.358 e. The van der Waals surface area contributed by atoms with Crippen molar-refractivity contribution >= 4 is 34.2 Å². The second kappa shape index (κ2) is 7.80. The van der Waals surface area contributed by atoms with Crippen LogP contribution in [0.4, 0.5) is 0 Å². The Bertz CT molecular complexity index is 515. The first-order valence-corrected chi connectivity index (χ1v) is 8.81. The van der Waals surface area contributed by atoms with Gasteiger partial charge in [-0.2, -0.15) is 0 Å². The van der Waals surface area contributed by atoms with E-state index in [0.29, 0.717) is 5.75 Å². The quantitative estimate of drug-likeness (QED) is 0.795. The second-order valence-electron chi connectivity index (χ2n) is 5.06. The molecule has 1 aliphatic rings. The lowest BCUT2D eigenvalue weighted by molar-refractivity contribution is -0.129. The topological polar surface area (TPSA) is 23.6 Å². The molecule has 21 heavy (non-hydrogen) atoms. The molecule has 1 amide bonds. The van der Waals surface area contributed by atoms with Crippen molar-refractivity contribution in [2.24, 2.45) is 0 Å². The summed E-state index contributed by atoms with van der Waals surface area (Å²) >= 11 is 6.86. The summed E-state index contributed by atoms with van der Waals surface area (Å²) in [4.78, 5) is 16.4. The molecule has 0 aromatic heterocycles. The Morgan fingerprint density at radius 3 is 2.62 bits per heavy atom. The highest BCUT2D eigenvalue weighted by Gasteiger charge is 2.21. The zero-order chi connectivity index (χ0) is 15.2. The maximum Gasteiger partial charge on any atom is 0.233 e. The SMILES string of the molecule is CCN(CC)C(=S)SCC(=O)N1CCc2ccccc2C1. The number of rotatable bonds is 4. The molecule has 0 saturated heterocycles. The van der Waals surface area contributed by atoms with Gasteiger partial charge in [-0.05, 0) is 31.4 Å². The lowest BCUT2D eigenvalue weighted by Gasteiger charge is -2.29. The van der Waals surface area contributed by atoms with E-state index in [4.69, 9.17) is 12.2 Å². The summed E-state index contributed by atoms with van der Waals surface area (Å²) in [6.45, 7) is 7.50. The number of fused-ring (bicyclic) bond motifs is 1. The molecule has 2 rings (SSSR count). The van der Waals surface area contributed by atoms with Crippen molar-refractivity contribution in [1.29, 1.82) is 0 Å². The van der Waals surface area contributed by atoms with Crippen molar-refractivity contribution in [1.82, 2.24) is 9.80 Å². The number of carbonyl (C=O) groups is 1.